The van der Waals surface area contributed by atoms with Crippen molar-refractivity contribution in [3.05, 3.63) is 0 Å². The van der Waals surface area contributed by atoms with E-state index < -0.39 is 0 Å². The van der Waals surface area contributed by atoms with E-state index in [1.54, 1.807) is 0 Å². The minimum Gasteiger partial charge on any atom is -0.351 e. The first-order valence-electron chi connectivity index (χ1n) is 7.12. The third-order valence-electron chi connectivity index (χ3n) is 2.57. The summed E-state index contributed by atoms with van der Waals surface area (Å²) in [6.07, 6.45) is 4.28. The van der Waals surface area contributed by atoms with Crippen LogP contribution in [-0.2, 0) is 4.79 Å². The summed E-state index contributed by atoms with van der Waals surface area (Å²) >= 11 is 0. The van der Waals surface area contributed by atoms with E-state index in [-0.39, 0.29) is 11.4 Å². The number of hydrogen-bond donors (Lipinski definition) is 2. The molecule has 0 unspecified atom stereocenters. The maximum Gasteiger partial charge on any atom is 0.221 e. The van der Waals surface area contributed by atoms with Crippen LogP contribution in [-0.4, -0.2) is 24.5 Å². The van der Waals surface area contributed by atoms with Gasteiger partial charge in [0.1, 0.15) is 0 Å². The molecular formula is C15H32N2O. The van der Waals surface area contributed by atoms with Gasteiger partial charge in [-0.25, -0.2) is 0 Å². The van der Waals surface area contributed by atoms with Crippen molar-refractivity contribution in [1.82, 2.24) is 10.6 Å². The second-order valence-electron chi connectivity index (χ2n) is 7.32. The molecule has 0 heterocycles. The average Bonchev–Trinajstić information content (AvgIpc) is 2.11. The molecule has 0 bridgehead atoms. The van der Waals surface area contributed by atoms with Gasteiger partial charge in [0.05, 0.1) is 0 Å². The second-order valence-corrected chi connectivity index (χ2v) is 7.32. The minimum atomic E-state index is -0.121. The summed E-state index contributed by atoms with van der Waals surface area (Å²) in [4.78, 5) is 11.5. The van der Waals surface area contributed by atoms with Gasteiger partial charge in [0.25, 0.3) is 0 Å². The van der Waals surface area contributed by atoms with Gasteiger partial charge >= 0.3 is 0 Å². The Balaban J connectivity index is 3.39. The molecule has 3 nitrogen and oxygen atoms in total. The summed E-state index contributed by atoms with van der Waals surface area (Å²) in [6.45, 7) is 14.6. The lowest BCUT2D eigenvalue weighted by Gasteiger charge is -2.20. The van der Waals surface area contributed by atoms with Crippen molar-refractivity contribution in [3.8, 4) is 0 Å². The molecule has 0 aromatic rings. The first-order chi connectivity index (χ1) is 8.10. The van der Waals surface area contributed by atoms with Crippen molar-refractivity contribution >= 4 is 5.91 Å². The molecule has 2 N–H and O–H groups in total. The van der Waals surface area contributed by atoms with Crippen LogP contribution in [0.25, 0.3) is 0 Å². The highest BCUT2D eigenvalue weighted by molar-refractivity contribution is 5.76. The zero-order valence-corrected chi connectivity index (χ0v) is 13.2. The fourth-order valence-corrected chi connectivity index (χ4v) is 1.71. The molecule has 3 heteroatoms. The lowest BCUT2D eigenvalue weighted by atomic mass is 9.90. The van der Waals surface area contributed by atoms with Crippen molar-refractivity contribution in [3.63, 3.8) is 0 Å². The molecule has 0 spiro atoms. The van der Waals surface area contributed by atoms with Crippen LogP contribution in [0.15, 0.2) is 0 Å². The maximum absolute atomic E-state index is 11.5. The Kier molecular flexibility index (Phi) is 7.53. The molecule has 0 aromatic carbocycles. The summed E-state index contributed by atoms with van der Waals surface area (Å²) < 4.78 is 0. The topological polar surface area (TPSA) is 41.1 Å². The Bertz CT molecular complexity index is 236. The molecule has 0 aliphatic heterocycles. The first-order valence-corrected chi connectivity index (χ1v) is 7.12. The summed E-state index contributed by atoms with van der Waals surface area (Å²) in [5.74, 6) is 0.129. The molecule has 0 saturated carbocycles. The van der Waals surface area contributed by atoms with Crippen LogP contribution >= 0.6 is 0 Å². The van der Waals surface area contributed by atoms with Gasteiger partial charge in [0, 0.05) is 18.5 Å². The SMILES string of the molecule is CC(C)(C)CCCCNCCC(=O)NC(C)(C)C. The van der Waals surface area contributed by atoms with Crippen LogP contribution < -0.4 is 10.6 Å². The number of rotatable bonds is 7. The van der Waals surface area contributed by atoms with E-state index in [9.17, 15) is 4.79 Å². The highest BCUT2D eigenvalue weighted by Crippen LogP contribution is 2.21. The third-order valence-corrected chi connectivity index (χ3v) is 2.57. The number of unbranched alkanes of at least 4 members (excludes halogenated alkanes) is 1. The molecule has 0 rings (SSSR count). The van der Waals surface area contributed by atoms with Crippen LogP contribution in [0.1, 0.15) is 67.2 Å². The lowest BCUT2D eigenvalue weighted by molar-refractivity contribution is -0.122. The minimum absolute atomic E-state index is 0.121. The maximum atomic E-state index is 11.5. The zero-order chi connectivity index (χ0) is 14.2. The van der Waals surface area contributed by atoms with Crippen LogP contribution in [0.3, 0.4) is 0 Å². The summed E-state index contributed by atoms with van der Waals surface area (Å²) in [7, 11) is 0. The molecule has 0 radical (unpaired) electrons. The van der Waals surface area contributed by atoms with Gasteiger partial charge < -0.3 is 10.6 Å². The monoisotopic (exact) mass is 256 g/mol. The van der Waals surface area contributed by atoms with E-state index in [0.717, 1.165) is 13.1 Å². The fourth-order valence-electron chi connectivity index (χ4n) is 1.71. The second kappa shape index (κ2) is 7.78. The van der Waals surface area contributed by atoms with E-state index >= 15 is 0 Å². The molecule has 0 aliphatic carbocycles. The van der Waals surface area contributed by atoms with Crippen molar-refractivity contribution in [2.75, 3.05) is 13.1 Å². The Morgan fingerprint density at radius 2 is 1.56 bits per heavy atom. The molecule has 0 atom stereocenters. The van der Waals surface area contributed by atoms with Gasteiger partial charge in [-0.2, -0.15) is 0 Å². The van der Waals surface area contributed by atoms with Gasteiger partial charge in [0.2, 0.25) is 5.91 Å². The molecular weight excluding hydrogens is 224 g/mol. The highest BCUT2D eigenvalue weighted by atomic mass is 16.1. The molecule has 0 aliphatic rings. The number of nitrogens with one attached hydrogen (secondary N) is 2. The predicted molar refractivity (Wildman–Crippen MR) is 78.7 cm³/mol. The van der Waals surface area contributed by atoms with Crippen molar-refractivity contribution in [2.45, 2.75) is 72.8 Å². The molecule has 1 amide bonds. The quantitative estimate of drug-likeness (QED) is 0.687. The molecule has 0 fully saturated rings. The Morgan fingerprint density at radius 1 is 0.944 bits per heavy atom. The lowest BCUT2D eigenvalue weighted by Crippen LogP contribution is -2.41. The molecule has 108 valence electrons. The van der Waals surface area contributed by atoms with Crippen LogP contribution in [0, 0.1) is 5.41 Å². The fraction of sp³-hybridized carbons (Fsp3) is 0.933. The predicted octanol–water partition coefficient (Wildman–Crippen LogP) is 3.10. The number of carbonyl (C=O) groups is 1. The van der Waals surface area contributed by atoms with E-state index in [4.69, 9.17) is 0 Å². The Labute approximate surface area is 113 Å². The zero-order valence-electron chi connectivity index (χ0n) is 13.2. The summed E-state index contributed by atoms with van der Waals surface area (Å²) in [5.41, 5.74) is 0.316. The normalized spacial score (nSPS) is 12.6. The third kappa shape index (κ3) is 13.5. The van der Waals surface area contributed by atoms with E-state index in [1.807, 2.05) is 20.8 Å². The smallest absolute Gasteiger partial charge is 0.221 e. The van der Waals surface area contributed by atoms with Gasteiger partial charge in [-0.1, -0.05) is 27.2 Å². The Hall–Kier alpha value is -0.570. The van der Waals surface area contributed by atoms with Gasteiger partial charge in [0.15, 0.2) is 0 Å². The summed E-state index contributed by atoms with van der Waals surface area (Å²) in [5, 5.41) is 6.29. The highest BCUT2D eigenvalue weighted by Gasteiger charge is 2.12. The van der Waals surface area contributed by atoms with Crippen molar-refractivity contribution in [2.24, 2.45) is 5.41 Å². The number of amides is 1. The summed E-state index contributed by atoms with van der Waals surface area (Å²) in [6, 6.07) is 0. The Morgan fingerprint density at radius 3 is 2.06 bits per heavy atom. The van der Waals surface area contributed by atoms with Crippen LogP contribution in [0.2, 0.25) is 0 Å². The van der Waals surface area contributed by atoms with Gasteiger partial charge in [-0.15, -0.1) is 0 Å². The van der Waals surface area contributed by atoms with E-state index in [1.165, 1.54) is 19.3 Å². The van der Waals surface area contributed by atoms with Gasteiger partial charge in [-0.05, 0) is 45.6 Å². The number of carbonyl (C=O) groups excluding carboxylic acids is 1. The largest absolute Gasteiger partial charge is 0.351 e. The standard InChI is InChI=1S/C15H32N2O/c1-14(2,3)10-7-8-11-16-12-9-13(18)17-15(4,5)6/h16H,7-12H2,1-6H3,(H,17,18). The van der Waals surface area contributed by atoms with Crippen LogP contribution in [0.5, 0.6) is 0 Å². The number of hydrogen-bond acceptors (Lipinski definition) is 2. The average molecular weight is 256 g/mol. The molecule has 0 aromatic heterocycles. The van der Waals surface area contributed by atoms with E-state index in [0.29, 0.717) is 11.8 Å². The van der Waals surface area contributed by atoms with Crippen molar-refractivity contribution in [1.29, 1.82) is 0 Å². The molecule has 18 heavy (non-hydrogen) atoms. The van der Waals surface area contributed by atoms with Gasteiger partial charge in [-0.3, -0.25) is 4.79 Å². The first kappa shape index (κ1) is 17.4. The molecule has 0 saturated heterocycles. The van der Waals surface area contributed by atoms with Crippen molar-refractivity contribution < 1.29 is 4.79 Å². The van der Waals surface area contributed by atoms with E-state index in [2.05, 4.69) is 31.4 Å². The van der Waals surface area contributed by atoms with Crippen LogP contribution in [0.4, 0.5) is 0 Å².